The second kappa shape index (κ2) is 15.8. The summed E-state index contributed by atoms with van der Waals surface area (Å²) in [5.74, 6) is 0. The standard InChI is InChI=1S/C40H56/c1-31(19-13-21-33(3)25-27-37-35(5)23-15-29-39(37,7)8)17-11-12-18-32(2)20-14-22-34(4)26-28-38-36(6)24-16-30-40(38,9)10/h11-14,17-22,25-28H,15-16,23-24,29-30H2,1-10H3/b12-11?,19-13?,20-14?,27-25+,28-26+,31-17?,32-18?,33-21?,34-22?. The van der Waals surface area contributed by atoms with Crippen molar-refractivity contribution in [3.05, 3.63) is 130 Å². The lowest BCUT2D eigenvalue weighted by atomic mass is 9.72. The lowest BCUT2D eigenvalue weighted by molar-refractivity contribution is 0.376. The summed E-state index contributed by atoms with van der Waals surface area (Å²) in [5, 5.41) is 0. The van der Waals surface area contributed by atoms with Crippen molar-refractivity contribution in [1.29, 1.82) is 0 Å². The third-order valence-corrected chi connectivity index (χ3v) is 8.38. The first-order valence-electron chi connectivity index (χ1n) is 15.3. The first-order chi connectivity index (χ1) is 18.8. The van der Waals surface area contributed by atoms with E-state index in [9.17, 15) is 0 Å². The minimum Gasteiger partial charge on any atom is -0.0696 e. The maximum Gasteiger partial charge on any atom is -0.0104 e. The fourth-order valence-corrected chi connectivity index (χ4v) is 5.79. The molecule has 0 aromatic carbocycles. The SMILES string of the molecule is CC(C=CC=C(C)/C=C/C1=C(C)CCCC1(C)C)=CC=CC=C(C)C=CC=C(C)/C=C/C1=C(C)CCCC1(C)C. The van der Waals surface area contributed by atoms with E-state index in [1.54, 1.807) is 11.1 Å². The summed E-state index contributed by atoms with van der Waals surface area (Å²) in [6, 6.07) is 0. The van der Waals surface area contributed by atoms with Gasteiger partial charge in [0.25, 0.3) is 0 Å². The molecule has 0 aromatic heterocycles. The number of hydrogen-bond acceptors (Lipinski definition) is 0. The fraction of sp³-hybridized carbons (Fsp3) is 0.450. The first kappa shape index (κ1) is 33.3. The second-order valence-electron chi connectivity index (χ2n) is 13.3. The van der Waals surface area contributed by atoms with E-state index in [-0.39, 0.29) is 0 Å². The molecule has 2 aliphatic rings. The van der Waals surface area contributed by atoms with Crippen LogP contribution in [0.15, 0.2) is 130 Å². The summed E-state index contributed by atoms with van der Waals surface area (Å²) in [6.45, 7) is 22.7. The van der Waals surface area contributed by atoms with Crippen LogP contribution in [0.25, 0.3) is 0 Å². The molecule has 2 rings (SSSR count). The van der Waals surface area contributed by atoms with Crippen LogP contribution in [-0.4, -0.2) is 0 Å². The molecule has 0 saturated heterocycles. The molecule has 0 saturated carbocycles. The Hall–Kier alpha value is -2.86. The molecule has 0 aromatic rings. The predicted octanol–water partition coefficient (Wildman–Crippen LogP) is 12.6. The van der Waals surface area contributed by atoms with Gasteiger partial charge in [-0.3, -0.25) is 0 Å². The van der Waals surface area contributed by atoms with Crippen LogP contribution >= 0.6 is 0 Å². The molecule has 40 heavy (non-hydrogen) atoms. The van der Waals surface area contributed by atoms with Crippen LogP contribution in [0.3, 0.4) is 0 Å². The highest BCUT2D eigenvalue weighted by atomic mass is 14.3. The van der Waals surface area contributed by atoms with Crippen molar-refractivity contribution in [3.63, 3.8) is 0 Å². The molecule has 0 heterocycles. The molecule has 0 spiro atoms. The average molecular weight is 537 g/mol. The van der Waals surface area contributed by atoms with E-state index in [1.165, 1.54) is 72.0 Å². The van der Waals surface area contributed by atoms with Crippen molar-refractivity contribution in [2.75, 3.05) is 0 Å². The van der Waals surface area contributed by atoms with Crippen molar-refractivity contribution in [2.45, 2.75) is 108 Å². The zero-order valence-corrected chi connectivity index (χ0v) is 27.3. The van der Waals surface area contributed by atoms with Crippen LogP contribution in [0.4, 0.5) is 0 Å². The minimum absolute atomic E-state index is 0.291. The van der Waals surface area contributed by atoms with Crippen LogP contribution < -0.4 is 0 Å². The molecule has 2 aliphatic carbocycles. The molecule has 0 bridgehead atoms. The van der Waals surface area contributed by atoms with E-state index < -0.39 is 0 Å². The molecular weight excluding hydrogens is 480 g/mol. The molecule has 0 heteroatoms. The molecular formula is C40H56. The maximum absolute atomic E-state index is 2.37. The minimum atomic E-state index is 0.291. The third-order valence-electron chi connectivity index (χ3n) is 8.38. The van der Waals surface area contributed by atoms with Gasteiger partial charge in [0.2, 0.25) is 0 Å². The highest BCUT2D eigenvalue weighted by Crippen LogP contribution is 2.41. The Morgan fingerprint density at radius 2 is 0.825 bits per heavy atom. The van der Waals surface area contributed by atoms with Crippen LogP contribution in [0, 0.1) is 10.8 Å². The van der Waals surface area contributed by atoms with E-state index in [4.69, 9.17) is 0 Å². The highest BCUT2D eigenvalue weighted by Gasteiger charge is 2.27. The van der Waals surface area contributed by atoms with Gasteiger partial charge < -0.3 is 0 Å². The smallest absolute Gasteiger partial charge is 0.0104 e. The lowest BCUT2D eigenvalue weighted by Gasteiger charge is -2.33. The molecule has 0 aliphatic heterocycles. The van der Waals surface area contributed by atoms with Crippen LogP contribution in [0.1, 0.15) is 108 Å². The van der Waals surface area contributed by atoms with Gasteiger partial charge in [-0.1, -0.05) is 146 Å². The van der Waals surface area contributed by atoms with Crippen molar-refractivity contribution >= 4 is 0 Å². The number of allylic oxidation sites excluding steroid dienone is 22. The number of rotatable bonds is 10. The fourth-order valence-electron chi connectivity index (χ4n) is 5.79. The Morgan fingerprint density at radius 1 is 0.500 bits per heavy atom. The van der Waals surface area contributed by atoms with Gasteiger partial charge in [0.05, 0.1) is 0 Å². The quantitative estimate of drug-likeness (QED) is 0.244. The predicted molar refractivity (Wildman–Crippen MR) is 181 cm³/mol. The van der Waals surface area contributed by atoms with E-state index in [0.717, 1.165) is 0 Å². The molecule has 0 fully saturated rings. The van der Waals surface area contributed by atoms with Crippen LogP contribution in [0.2, 0.25) is 0 Å². The van der Waals surface area contributed by atoms with E-state index in [1.807, 2.05) is 0 Å². The van der Waals surface area contributed by atoms with Gasteiger partial charge in [-0.2, -0.15) is 0 Å². The first-order valence-corrected chi connectivity index (χ1v) is 15.3. The van der Waals surface area contributed by atoms with Crippen molar-refractivity contribution in [2.24, 2.45) is 10.8 Å². The Bertz CT molecular complexity index is 1120. The van der Waals surface area contributed by atoms with Gasteiger partial charge in [0, 0.05) is 0 Å². The molecule has 0 radical (unpaired) electrons. The van der Waals surface area contributed by atoms with E-state index >= 15 is 0 Å². The largest absolute Gasteiger partial charge is 0.0696 e. The van der Waals surface area contributed by atoms with Crippen molar-refractivity contribution in [3.8, 4) is 0 Å². The zero-order chi connectivity index (χ0) is 29.8. The normalized spacial score (nSPS) is 21.9. The summed E-state index contributed by atoms with van der Waals surface area (Å²) in [4.78, 5) is 0. The molecule has 0 amide bonds. The van der Waals surface area contributed by atoms with Crippen LogP contribution in [0.5, 0.6) is 0 Å². The highest BCUT2D eigenvalue weighted by molar-refractivity contribution is 5.39. The second-order valence-corrected chi connectivity index (χ2v) is 13.3. The monoisotopic (exact) mass is 536 g/mol. The molecule has 0 nitrogen and oxygen atoms in total. The zero-order valence-electron chi connectivity index (χ0n) is 27.3. The Balaban J connectivity index is 1.89. The van der Waals surface area contributed by atoms with Gasteiger partial charge >= 0.3 is 0 Å². The van der Waals surface area contributed by atoms with Crippen molar-refractivity contribution < 1.29 is 0 Å². The molecule has 0 N–H and O–H groups in total. The lowest BCUT2D eigenvalue weighted by Crippen LogP contribution is -2.19. The van der Waals surface area contributed by atoms with Gasteiger partial charge in [-0.25, -0.2) is 0 Å². The Morgan fingerprint density at radius 3 is 1.18 bits per heavy atom. The van der Waals surface area contributed by atoms with Gasteiger partial charge in [0.15, 0.2) is 0 Å². The van der Waals surface area contributed by atoms with Gasteiger partial charge in [-0.15, -0.1) is 0 Å². The van der Waals surface area contributed by atoms with E-state index in [0.29, 0.717) is 10.8 Å². The maximum atomic E-state index is 2.37. The van der Waals surface area contributed by atoms with Crippen molar-refractivity contribution in [1.82, 2.24) is 0 Å². The summed E-state index contributed by atoms with van der Waals surface area (Å²) in [7, 11) is 0. The summed E-state index contributed by atoms with van der Waals surface area (Å²) >= 11 is 0. The molecule has 216 valence electrons. The Labute approximate surface area is 247 Å². The third kappa shape index (κ3) is 11.3. The van der Waals surface area contributed by atoms with Gasteiger partial charge in [0.1, 0.15) is 0 Å². The molecule has 0 unspecified atom stereocenters. The topological polar surface area (TPSA) is 0 Å². The Kier molecular flexibility index (Phi) is 13.2. The van der Waals surface area contributed by atoms with Crippen LogP contribution in [-0.2, 0) is 0 Å². The summed E-state index contributed by atoms with van der Waals surface area (Å²) < 4.78 is 0. The summed E-state index contributed by atoms with van der Waals surface area (Å²) in [6.07, 6.45) is 38.4. The number of hydrogen-bond donors (Lipinski definition) is 0. The summed E-state index contributed by atoms with van der Waals surface area (Å²) in [5.41, 5.74) is 11.7. The average Bonchev–Trinajstić information content (AvgIpc) is 2.85. The van der Waals surface area contributed by atoms with Gasteiger partial charge in [-0.05, 0) is 102 Å². The van der Waals surface area contributed by atoms with E-state index in [2.05, 4.69) is 154 Å². The molecule has 0 atom stereocenters.